The predicted octanol–water partition coefficient (Wildman–Crippen LogP) is 2.08. The minimum absolute atomic E-state index is 0.0142. The summed E-state index contributed by atoms with van der Waals surface area (Å²) in [5.74, 6) is -1.29. The van der Waals surface area contributed by atoms with E-state index in [2.05, 4.69) is 4.90 Å². The average Bonchev–Trinajstić information content (AvgIpc) is 2.83. The van der Waals surface area contributed by atoms with E-state index in [1.807, 2.05) is 0 Å². The molecule has 0 unspecified atom stereocenters. The Balaban J connectivity index is 2.01. The number of halogens is 2. The highest BCUT2D eigenvalue weighted by Gasteiger charge is 2.15. The molecule has 1 aromatic carbocycles. The first-order chi connectivity index (χ1) is 8.58. The van der Waals surface area contributed by atoms with Gasteiger partial charge in [0.25, 0.3) is 0 Å². The van der Waals surface area contributed by atoms with Gasteiger partial charge in [-0.15, -0.1) is 0 Å². The zero-order chi connectivity index (χ0) is 13.1. The summed E-state index contributed by atoms with van der Waals surface area (Å²) in [4.78, 5) is 4.15. The third-order valence-electron chi connectivity index (χ3n) is 3.43. The SMILES string of the molecule is CN(CCN1CCCC1)c1cc(F)cc(F)c1N. The molecule has 1 heterocycles. The van der Waals surface area contributed by atoms with Crippen LogP contribution in [0.1, 0.15) is 12.8 Å². The normalized spacial score (nSPS) is 16.2. The van der Waals surface area contributed by atoms with Gasteiger partial charge in [0.15, 0.2) is 5.82 Å². The van der Waals surface area contributed by atoms with Gasteiger partial charge in [-0.3, -0.25) is 0 Å². The number of nitrogens with zero attached hydrogens (tertiary/aromatic N) is 2. The molecule has 2 rings (SSSR count). The first-order valence-corrected chi connectivity index (χ1v) is 6.26. The zero-order valence-electron chi connectivity index (χ0n) is 10.6. The number of nitrogens with two attached hydrogens (primary N) is 1. The van der Waals surface area contributed by atoms with Crippen LogP contribution in [0.15, 0.2) is 12.1 Å². The monoisotopic (exact) mass is 255 g/mol. The van der Waals surface area contributed by atoms with Crippen LogP contribution in [0.3, 0.4) is 0 Å². The van der Waals surface area contributed by atoms with E-state index in [9.17, 15) is 8.78 Å². The first-order valence-electron chi connectivity index (χ1n) is 6.26. The second kappa shape index (κ2) is 5.52. The molecule has 0 atom stereocenters. The predicted molar refractivity (Wildman–Crippen MR) is 69.7 cm³/mol. The largest absolute Gasteiger partial charge is 0.395 e. The van der Waals surface area contributed by atoms with Crippen molar-refractivity contribution in [1.29, 1.82) is 0 Å². The summed E-state index contributed by atoms with van der Waals surface area (Å²) in [7, 11) is 1.81. The Bertz CT molecular complexity index is 417. The molecule has 0 bridgehead atoms. The van der Waals surface area contributed by atoms with Gasteiger partial charge < -0.3 is 15.5 Å². The Labute approximate surface area is 106 Å². The van der Waals surface area contributed by atoms with E-state index in [0.29, 0.717) is 12.2 Å². The molecule has 1 aliphatic rings. The lowest BCUT2D eigenvalue weighted by Crippen LogP contribution is -2.31. The summed E-state index contributed by atoms with van der Waals surface area (Å²) in [5.41, 5.74) is 6.08. The van der Waals surface area contributed by atoms with Crippen LogP contribution < -0.4 is 10.6 Å². The molecule has 1 saturated heterocycles. The Morgan fingerprint density at radius 1 is 1.28 bits per heavy atom. The van der Waals surface area contributed by atoms with E-state index >= 15 is 0 Å². The summed E-state index contributed by atoms with van der Waals surface area (Å²) >= 11 is 0. The zero-order valence-corrected chi connectivity index (χ0v) is 10.6. The van der Waals surface area contributed by atoms with Gasteiger partial charge in [-0.25, -0.2) is 8.78 Å². The molecule has 1 aromatic rings. The maximum Gasteiger partial charge on any atom is 0.151 e. The van der Waals surface area contributed by atoms with Crippen molar-refractivity contribution in [3.8, 4) is 0 Å². The smallest absolute Gasteiger partial charge is 0.151 e. The lowest BCUT2D eigenvalue weighted by atomic mass is 10.2. The Hall–Kier alpha value is -1.36. The molecular formula is C13H19F2N3. The van der Waals surface area contributed by atoms with Crippen LogP contribution in [-0.4, -0.2) is 38.1 Å². The van der Waals surface area contributed by atoms with E-state index in [4.69, 9.17) is 5.73 Å². The molecule has 0 aliphatic carbocycles. The number of nitrogen functional groups attached to an aromatic ring is 1. The number of hydrogen-bond donors (Lipinski definition) is 1. The molecule has 3 nitrogen and oxygen atoms in total. The fraction of sp³-hybridized carbons (Fsp3) is 0.538. The van der Waals surface area contributed by atoms with E-state index in [0.717, 1.165) is 25.7 Å². The van der Waals surface area contributed by atoms with Crippen molar-refractivity contribution in [3.63, 3.8) is 0 Å². The quantitative estimate of drug-likeness (QED) is 0.836. The van der Waals surface area contributed by atoms with Crippen molar-refractivity contribution in [1.82, 2.24) is 4.90 Å². The highest BCUT2D eigenvalue weighted by Crippen LogP contribution is 2.26. The Morgan fingerprint density at radius 3 is 2.61 bits per heavy atom. The molecule has 2 N–H and O–H groups in total. The van der Waals surface area contributed by atoms with Crippen molar-refractivity contribution < 1.29 is 8.78 Å². The molecule has 1 aliphatic heterocycles. The van der Waals surface area contributed by atoms with Crippen molar-refractivity contribution >= 4 is 11.4 Å². The van der Waals surface area contributed by atoms with E-state index < -0.39 is 11.6 Å². The number of benzene rings is 1. The van der Waals surface area contributed by atoms with Crippen LogP contribution in [0.25, 0.3) is 0 Å². The highest BCUT2D eigenvalue weighted by atomic mass is 19.1. The minimum Gasteiger partial charge on any atom is -0.395 e. The van der Waals surface area contributed by atoms with Gasteiger partial charge in [-0.05, 0) is 32.0 Å². The second-order valence-electron chi connectivity index (χ2n) is 4.79. The van der Waals surface area contributed by atoms with Gasteiger partial charge in [0.05, 0.1) is 11.4 Å². The summed E-state index contributed by atoms with van der Waals surface area (Å²) in [6.45, 7) is 3.84. The average molecular weight is 255 g/mol. The van der Waals surface area contributed by atoms with E-state index in [1.54, 1.807) is 11.9 Å². The maximum atomic E-state index is 13.3. The third kappa shape index (κ3) is 2.90. The van der Waals surface area contributed by atoms with Gasteiger partial charge in [0.2, 0.25) is 0 Å². The van der Waals surface area contributed by atoms with Crippen LogP contribution >= 0.6 is 0 Å². The number of rotatable bonds is 4. The molecule has 0 aromatic heterocycles. The third-order valence-corrected chi connectivity index (χ3v) is 3.43. The van der Waals surface area contributed by atoms with Crippen molar-refractivity contribution in [2.45, 2.75) is 12.8 Å². The van der Waals surface area contributed by atoms with Gasteiger partial charge in [0.1, 0.15) is 5.82 Å². The van der Waals surface area contributed by atoms with Crippen molar-refractivity contribution in [2.75, 3.05) is 43.9 Å². The maximum absolute atomic E-state index is 13.3. The number of likely N-dealkylation sites (N-methyl/N-ethyl adjacent to an activating group) is 1. The second-order valence-corrected chi connectivity index (χ2v) is 4.79. The van der Waals surface area contributed by atoms with Crippen LogP contribution in [-0.2, 0) is 0 Å². The Kier molecular flexibility index (Phi) is 4.01. The molecule has 18 heavy (non-hydrogen) atoms. The van der Waals surface area contributed by atoms with Crippen molar-refractivity contribution in [3.05, 3.63) is 23.8 Å². The highest BCUT2D eigenvalue weighted by molar-refractivity contribution is 5.67. The Morgan fingerprint density at radius 2 is 1.94 bits per heavy atom. The van der Waals surface area contributed by atoms with E-state index in [1.165, 1.54) is 18.9 Å². The number of likely N-dealkylation sites (tertiary alicyclic amines) is 1. The van der Waals surface area contributed by atoms with Gasteiger partial charge >= 0.3 is 0 Å². The molecule has 0 spiro atoms. The van der Waals surface area contributed by atoms with Crippen LogP contribution in [0.5, 0.6) is 0 Å². The molecular weight excluding hydrogens is 236 g/mol. The summed E-state index contributed by atoms with van der Waals surface area (Å²) in [5, 5.41) is 0. The van der Waals surface area contributed by atoms with Gasteiger partial charge in [-0.2, -0.15) is 0 Å². The molecule has 100 valence electrons. The van der Waals surface area contributed by atoms with Gasteiger partial charge in [-0.1, -0.05) is 0 Å². The molecule has 5 heteroatoms. The molecule has 0 amide bonds. The van der Waals surface area contributed by atoms with E-state index in [-0.39, 0.29) is 5.69 Å². The number of anilines is 2. The summed E-state index contributed by atoms with van der Waals surface area (Å²) < 4.78 is 26.5. The lowest BCUT2D eigenvalue weighted by Gasteiger charge is -2.24. The summed E-state index contributed by atoms with van der Waals surface area (Å²) in [6, 6.07) is 2.09. The lowest BCUT2D eigenvalue weighted by molar-refractivity contribution is 0.346. The van der Waals surface area contributed by atoms with Crippen molar-refractivity contribution in [2.24, 2.45) is 0 Å². The molecule has 0 saturated carbocycles. The topological polar surface area (TPSA) is 32.5 Å². The molecule has 1 fully saturated rings. The fourth-order valence-corrected chi connectivity index (χ4v) is 2.31. The first kappa shape index (κ1) is 13.1. The summed E-state index contributed by atoms with van der Waals surface area (Å²) in [6.07, 6.45) is 2.47. The number of hydrogen-bond acceptors (Lipinski definition) is 3. The minimum atomic E-state index is -0.696. The van der Waals surface area contributed by atoms with Crippen LogP contribution in [0.2, 0.25) is 0 Å². The van der Waals surface area contributed by atoms with Gasteiger partial charge in [0, 0.05) is 26.2 Å². The molecule has 0 radical (unpaired) electrons. The standard InChI is InChI=1S/C13H19F2N3/c1-17(6-7-18-4-2-3-5-18)12-9-10(14)8-11(15)13(12)16/h8-9H,2-7,16H2,1H3. The fourth-order valence-electron chi connectivity index (χ4n) is 2.31. The van der Waals surface area contributed by atoms with Crippen LogP contribution in [0.4, 0.5) is 20.2 Å². The van der Waals surface area contributed by atoms with Crippen LogP contribution in [0, 0.1) is 11.6 Å².